The Labute approximate surface area is 206 Å². The van der Waals surface area contributed by atoms with Gasteiger partial charge in [0.25, 0.3) is 0 Å². The largest absolute Gasteiger partial charge is 0.495 e. The predicted octanol–water partition coefficient (Wildman–Crippen LogP) is 4.66. The summed E-state index contributed by atoms with van der Waals surface area (Å²) in [7, 11) is 1.51. The Morgan fingerprint density at radius 2 is 1.94 bits per heavy atom. The fourth-order valence-corrected chi connectivity index (χ4v) is 4.54. The first-order chi connectivity index (χ1) is 17.1. The number of methoxy groups -OCH3 is 1. The first kappa shape index (κ1) is 23.1. The molecule has 178 valence electrons. The minimum atomic E-state index is -0.784. The van der Waals surface area contributed by atoms with Crippen LogP contribution in [-0.4, -0.2) is 54.7 Å². The Balaban J connectivity index is 1.56. The number of ether oxygens (including phenoxy) is 2. The van der Waals surface area contributed by atoms with Crippen LogP contribution in [0.3, 0.4) is 0 Å². The number of morpholine rings is 1. The second-order valence-corrected chi connectivity index (χ2v) is 8.53. The third kappa shape index (κ3) is 4.54. The standard InChI is InChI=1S/C26H22ClFN4O3/c1-34-18-12-22(27)26(29-13-18)21(14-33)16-2-5-23(28)20(10-16)25-19-4-3-17(11-24(19)30-15-31-25)32-6-8-35-9-7-32/h2-5,10-15,21H,6-9H2,1H3. The Hall–Kier alpha value is -3.62. The summed E-state index contributed by atoms with van der Waals surface area (Å²) in [6, 6.07) is 12.0. The number of aldehydes is 1. The topological polar surface area (TPSA) is 77.4 Å². The van der Waals surface area contributed by atoms with Crippen LogP contribution in [0, 0.1) is 5.82 Å². The van der Waals surface area contributed by atoms with Crippen LogP contribution in [0.15, 0.2) is 55.0 Å². The van der Waals surface area contributed by atoms with Crippen LogP contribution in [0.25, 0.3) is 22.2 Å². The van der Waals surface area contributed by atoms with Crippen molar-refractivity contribution in [2.75, 3.05) is 38.3 Å². The smallest absolute Gasteiger partial charge is 0.138 e. The van der Waals surface area contributed by atoms with Gasteiger partial charge in [0.1, 0.15) is 24.2 Å². The zero-order chi connectivity index (χ0) is 24.4. The van der Waals surface area contributed by atoms with Crippen LogP contribution in [0.4, 0.5) is 10.1 Å². The van der Waals surface area contributed by atoms with E-state index in [-0.39, 0.29) is 10.6 Å². The summed E-state index contributed by atoms with van der Waals surface area (Å²) in [6.07, 6.45) is 3.66. The Kier molecular flexibility index (Phi) is 6.57. The van der Waals surface area contributed by atoms with Crippen molar-refractivity contribution in [1.29, 1.82) is 0 Å². The van der Waals surface area contributed by atoms with Gasteiger partial charge in [0, 0.05) is 35.8 Å². The van der Waals surface area contributed by atoms with Crippen molar-refractivity contribution in [3.8, 4) is 17.0 Å². The molecule has 0 saturated carbocycles. The molecule has 1 fully saturated rings. The van der Waals surface area contributed by atoms with Crippen LogP contribution in [0.5, 0.6) is 5.75 Å². The summed E-state index contributed by atoms with van der Waals surface area (Å²) in [5.41, 5.74) is 3.36. The van der Waals surface area contributed by atoms with Crippen molar-refractivity contribution in [2.24, 2.45) is 0 Å². The molecular weight excluding hydrogens is 471 g/mol. The minimum Gasteiger partial charge on any atom is -0.495 e. The van der Waals surface area contributed by atoms with Gasteiger partial charge in [0.2, 0.25) is 0 Å². The van der Waals surface area contributed by atoms with Gasteiger partial charge < -0.3 is 19.2 Å². The highest BCUT2D eigenvalue weighted by Gasteiger charge is 2.22. The third-order valence-electron chi connectivity index (χ3n) is 6.11. The first-order valence-electron chi connectivity index (χ1n) is 11.1. The number of carbonyl (C=O) groups excluding carboxylic acids is 1. The molecule has 0 N–H and O–H groups in total. The fourth-order valence-electron chi connectivity index (χ4n) is 4.27. The van der Waals surface area contributed by atoms with Gasteiger partial charge in [-0.05, 0) is 35.9 Å². The molecule has 2 aromatic carbocycles. The number of nitrogens with zero attached hydrogens (tertiary/aromatic N) is 4. The number of benzene rings is 2. The zero-order valence-electron chi connectivity index (χ0n) is 18.9. The van der Waals surface area contributed by atoms with Gasteiger partial charge >= 0.3 is 0 Å². The third-order valence-corrected chi connectivity index (χ3v) is 6.41. The van der Waals surface area contributed by atoms with Crippen LogP contribution in [0.2, 0.25) is 5.02 Å². The molecule has 1 aliphatic rings. The average molecular weight is 493 g/mol. The highest BCUT2D eigenvalue weighted by molar-refractivity contribution is 6.31. The number of halogens is 2. The number of anilines is 1. The van der Waals surface area contributed by atoms with Gasteiger partial charge in [-0.3, -0.25) is 4.98 Å². The van der Waals surface area contributed by atoms with Crippen molar-refractivity contribution in [2.45, 2.75) is 5.92 Å². The number of pyridine rings is 1. The molecule has 0 radical (unpaired) electrons. The van der Waals surface area contributed by atoms with Crippen LogP contribution in [-0.2, 0) is 9.53 Å². The molecule has 0 amide bonds. The molecule has 0 bridgehead atoms. The summed E-state index contributed by atoms with van der Waals surface area (Å²) in [5, 5.41) is 0.999. The van der Waals surface area contributed by atoms with E-state index in [1.54, 1.807) is 18.2 Å². The van der Waals surface area contributed by atoms with E-state index in [4.69, 9.17) is 21.1 Å². The second kappa shape index (κ2) is 9.93. The molecule has 2 aromatic heterocycles. The number of fused-ring (bicyclic) bond motifs is 1. The van der Waals surface area contributed by atoms with E-state index < -0.39 is 11.7 Å². The number of hydrogen-bond acceptors (Lipinski definition) is 7. The SMILES string of the molecule is COc1cnc(C(C=O)c2ccc(F)c(-c3ncnc4cc(N5CCOCC5)ccc34)c2)c(Cl)c1. The maximum absolute atomic E-state index is 15.1. The van der Waals surface area contributed by atoms with Crippen molar-refractivity contribution in [3.05, 3.63) is 77.1 Å². The molecule has 0 spiro atoms. The van der Waals surface area contributed by atoms with E-state index in [2.05, 4.69) is 19.9 Å². The highest BCUT2D eigenvalue weighted by Crippen LogP contribution is 2.35. The van der Waals surface area contributed by atoms with Gasteiger partial charge in [-0.2, -0.15) is 0 Å². The molecule has 5 rings (SSSR count). The van der Waals surface area contributed by atoms with E-state index in [0.717, 1.165) is 25.1 Å². The number of hydrogen-bond donors (Lipinski definition) is 0. The number of rotatable bonds is 6. The highest BCUT2D eigenvalue weighted by atomic mass is 35.5. The maximum Gasteiger partial charge on any atom is 0.138 e. The van der Waals surface area contributed by atoms with Gasteiger partial charge in [0.15, 0.2) is 0 Å². The molecule has 1 atom stereocenters. The minimum absolute atomic E-state index is 0.269. The molecule has 1 saturated heterocycles. The molecule has 4 aromatic rings. The lowest BCUT2D eigenvalue weighted by Crippen LogP contribution is -2.36. The van der Waals surface area contributed by atoms with Crippen LogP contribution >= 0.6 is 11.6 Å². The lowest BCUT2D eigenvalue weighted by Gasteiger charge is -2.29. The monoisotopic (exact) mass is 492 g/mol. The Morgan fingerprint density at radius 3 is 2.69 bits per heavy atom. The summed E-state index contributed by atoms with van der Waals surface area (Å²) in [5.74, 6) is -0.759. The van der Waals surface area contributed by atoms with Gasteiger partial charge in [-0.1, -0.05) is 17.7 Å². The second-order valence-electron chi connectivity index (χ2n) is 8.12. The van der Waals surface area contributed by atoms with Gasteiger partial charge in [0.05, 0.1) is 54.4 Å². The van der Waals surface area contributed by atoms with E-state index in [0.29, 0.717) is 46.8 Å². The zero-order valence-corrected chi connectivity index (χ0v) is 19.7. The Bertz CT molecular complexity index is 1390. The van der Waals surface area contributed by atoms with Crippen molar-refractivity contribution >= 4 is 34.5 Å². The van der Waals surface area contributed by atoms with E-state index >= 15 is 4.39 Å². The van der Waals surface area contributed by atoms with Crippen LogP contribution in [0.1, 0.15) is 17.2 Å². The van der Waals surface area contributed by atoms with Crippen LogP contribution < -0.4 is 9.64 Å². The summed E-state index contributed by atoms with van der Waals surface area (Å²) in [6.45, 7) is 2.95. The van der Waals surface area contributed by atoms with Gasteiger partial charge in [-0.25, -0.2) is 14.4 Å². The van der Waals surface area contributed by atoms with Crippen molar-refractivity contribution in [3.63, 3.8) is 0 Å². The summed E-state index contributed by atoms with van der Waals surface area (Å²) < 4.78 is 25.7. The number of aromatic nitrogens is 3. The maximum atomic E-state index is 15.1. The summed E-state index contributed by atoms with van der Waals surface area (Å²) in [4.78, 5) is 27.4. The first-order valence-corrected chi connectivity index (χ1v) is 11.5. The quantitative estimate of drug-likeness (QED) is 0.362. The Morgan fingerprint density at radius 1 is 1.11 bits per heavy atom. The number of carbonyl (C=O) groups is 1. The van der Waals surface area contributed by atoms with Gasteiger partial charge in [-0.15, -0.1) is 0 Å². The molecule has 9 heteroatoms. The van der Waals surface area contributed by atoms with E-state index in [1.165, 1.54) is 25.7 Å². The van der Waals surface area contributed by atoms with E-state index in [1.807, 2.05) is 18.2 Å². The van der Waals surface area contributed by atoms with Crippen molar-refractivity contribution < 1.29 is 18.7 Å². The summed E-state index contributed by atoms with van der Waals surface area (Å²) >= 11 is 6.37. The molecule has 3 heterocycles. The lowest BCUT2D eigenvalue weighted by atomic mass is 9.93. The fraction of sp³-hybridized carbons (Fsp3) is 0.231. The average Bonchev–Trinajstić information content (AvgIpc) is 2.90. The molecule has 7 nitrogen and oxygen atoms in total. The molecule has 1 aliphatic heterocycles. The lowest BCUT2D eigenvalue weighted by molar-refractivity contribution is -0.108. The normalized spacial score (nSPS) is 14.7. The molecule has 0 aliphatic carbocycles. The van der Waals surface area contributed by atoms with E-state index in [9.17, 15) is 4.79 Å². The molecular formula is C26H22ClFN4O3. The predicted molar refractivity (Wildman–Crippen MR) is 132 cm³/mol. The molecule has 1 unspecified atom stereocenters. The molecule has 35 heavy (non-hydrogen) atoms. The van der Waals surface area contributed by atoms with Crippen molar-refractivity contribution in [1.82, 2.24) is 15.0 Å².